The van der Waals surface area contributed by atoms with Crippen LogP contribution in [-0.4, -0.2) is 13.2 Å². The van der Waals surface area contributed by atoms with Crippen LogP contribution in [0.15, 0.2) is 18.2 Å². The van der Waals surface area contributed by atoms with Crippen molar-refractivity contribution in [1.82, 2.24) is 0 Å². The van der Waals surface area contributed by atoms with Gasteiger partial charge in [-0.3, -0.25) is 0 Å². The Morgan fingerprint density at radius 1 is 1.38 bits per heavy atom. The van der Waals surface area contributed by atoms with Crippen LogP contribution in [0.4, 0.5) is 5.69 Å². The third-order valence-electron chi connectivity index (χ3n) is 1.49. The van der Waals surface area contributed by atoms with Gasteiger partial charge in [0.1, 0.15) is 0 Å². The Morgan fingerprint density at radius 2 is 2.15 bits per heavy atom. The van der Waals surface area contributed by atoms with Gasteiger partial charge >= 0.3 is 0 Å². The maximum absolute atomic E-state index is 5.91. The number of benzene rings is 1. The van der Waals surface area contributed by atoms with Crippen molar-refractivity contribution in [2.24, 2.45) is 5.90 Å². The lowest BCUT2D eigenvalue weighted by molar-refractivity contribution is 0.148. The van der Waals surface area contributed by atoms with Crippen molar-refractivity contribution in [1.29, 1.82) is 0 Å². The molecule has 0 unspecified atom stereocenters. The second-order valence-corrected chi connectivity index (χ2v) is 3.18. The highest BCUT2D eigenvalue weighted by Crippen LogP contribution is 2.29. The molecule has 0 aromatic heterocycles. The van der Waals surface area contributed by atoms with E-state index in [2.05, 4.69) is 10.2 Å². The summed E-state index contributed by atoms with van der Waals surface area (Å²) < 4.78 is 0. The highest BCUT2D eigenvalue weighted by Gasteiger charge is 2.02. The van der Waals surface area contributed by atoms with E-state index in [4.69, 9.17) is 29.1 Å². The van der Waals surface area contributed by atoms with Crippen molar-refractivity contribution in [3.63, 3.8) is 0 Å². The first-order valence-corrected chi connectivity index (χ1v) is 4.51. The lowest BCUT2D eigenvalue weighted by atomic mass is 10.3. The fraction of sp³-hybridized carbons (Fsp3) is 0.250. The average Bonchev–Trinajstić information content (AvgIpc) is 2.13. The standard InChI is InChI=1S/C8H10Cl2N2O/c9-6-2-1-3-7(8(6)10)12-4-5-13-11/h1-3,12H,4-5,11H2. The molecule has 0 saturated heterocycles. The maximum atomic E-state index is 5.91. The number of halogens is 2. The van der Waals surface area contributed by atoms with Crippen molar-refractivity contribution in [2.75, 3.05) is 18.5 Å². The molecule has 0 spiro atoms. The summed E-state index contributed by atoms with van der Waals surface area (Å²) in [5.41, 5.74) is 0.784. The molecule has 0 atom stereocenters. The first-order valence-electron chi connectivity index (χ1n) is 3.75. The van der Waals surface area contributed by atoms with E-state index in [1.165, 1.54) is 0 Å². The van der Waals surface area contributed by atoms with Crippen molar-refractivity contribution in [2.45, 2.75) is 0 Å². The molecule has 1 rings (SSSR count). The van der Waals surface area contributed by atoms with Crippen molar-refractivity contribution in [3.8, 4) is 0 Å². The fourth-order valence-corrected chi connectivity index (χ4v) is 1.25. The van der Waals surface area contributed by atoms with Gasteiger partial charge in [-0.2, -0.15) is 0 Å². The van der Waals surface area contributed by atoms with Gasteiger partial charge in [-0.05, 0) is 12.1 Å². The zero-order valence-corrected chi connectivity index (χ0v) is 8.40. The molecule has 0 amide bonds. The van der Waals surface area contributed by atoms with Crippen LogP contribution in [0.1, 0.15) is 0 Å². The summed E-state index contributed by atoms with van der Waals surface area (Å²) in [6, 6.07) is 5.39. The van der Waals surface area contributed by atoms with Gasteiger partial charge < -0.3 is 10.2 Å². The molecule has 3 N–H and O–H groups in total. The predicted octanol–water partition coefficient (Wildman–Crippen LogP) is 2.30. The van der Waals surface area contributed by atoms with E-state index in [9.17, 15) is 0 Å². The number of rotatable bonds is 4. The van der Waals surface area contributed by atoms with Crippen LogP contribution in [0, 0.1) is 0 Å². The lowest BCUT2D eigenvalue weighted by Crippen LogP contribution is -2.12. The number of nitrogens with two attached hydrogens (primary N) is 1. The van der Waals surface area contributed by atoms with Crippen molar-refractivity contribution >= 4 is 28.9 Å². The van der Waals surface area contributed by atoms with Crippen molar-refractivity contribution < 1.29 is 4.84 Å². The van der Waals surface area contributed by atoms with Gasteiger partial charge in [0.2, 0.25) is 0 Å². The summed E-state index contributed by atoms with van der Waals surface area (Å²) in [5, 5.41) is 4.08. The quantitative estimate of drug-likeness (QED) is 0.605. The highest BCUT2D eigenvalue weighted by molar-refractivity contribution is 6.43. The van der Waals surface area contributed by atoms with Crippen LogP contribution in [0.25, 0.3) is 0 Å². The van der Waals surface area contributed by atoms with Gasteiger partial charge in [-0.25, -0.2) is 5.90 Å². The summed E-state index contributed by atoms with van der Waals surface area (Å²) in [6.07, 6.45) is 0. The molecule has 0 aliphatic heterocycles. The van der Waals surface area contributed by atoms with Crippen LogP contribution >= 0.6 is 23.2 Å². The Bertz CT molecular complexity index is 281. The predicted molar refractivity (Wildman–Crippen MR) is 55.1 cm³/mol. The third-order valence-corrected chi connectivity index (χ3v) is 2.31. The molecule has 0 heterocycles. The lowest BCUT2D eigenvalue weighted by Gasteiger charge is -2.07. The molecular weight excluding hydrogens is 211 g/mol. The molecule has 13 heavy (non-hydrogen) atoms. The number of anilines is 1. The smallest absolute Gasteiger partial charge is 0.0851 e. The Balaban J connectivity index is 2.61. The number of hydrogen-bond acceptors (Lipinski definition) is 3. The van der Waals surface area contributed by atoms with E-state index in [-0.39, 0.29) is 0 Å². The monoisotopic (exact) mass is 220 g/mol. The van der Waals surface area contributed by atoms with Gasteiger partial charge in [-0.1, -0.05) is 29.3 Å². The number of nitrogens with one attached hydrogen (secondary N) is 1. The molecule has 0 radical (unpaired) electrons. The molecule has 0 fully saturated rings. The summed E-state index contributed by atoms with van der Waals surface area (Å²) in [4.78, 5) is 4.40. The fourth-order valence-electron chi connectivity index (χ4n) is 0.885. The molecular formula is C8H10Cl2N2O. The summed E-state index contributed by atoms with van der Waals surface area (Å²) >= 11 is 11.7. The molecule has 0 aliphatic rings. The zero-order valence-electron chi connectivity index (χ0n) is 6.89. The van der Waals surface area contributed by atoms with E-state index in [0.29, 0.717) is 23.2 Å². The zero-order chi connectivity index (χ0) is 9.68. The largest absolute Gasteiger partial charge is 0.381 e. The van der Waals surface area contributed by atoms with E-state index >= 15 is 0 Å². The van der Waals surface area contributed by atoms with E-state index in [1.807, 2.05) is 12.1 Å². The topological polar surface area (TPSA) is 47.3 Å². The minimum atomic E-state index is 0.419. The van der Waals surface area contributed by atoms with Gasteiger partial charge in [0.05, 0.1) is 22.3 Å². The second-order valence-electron chi connectivity index (χ2n) is 2.40. The van der Waals surface area contributed by atoms with Gasteiger partial charge in [-0.15, -0.1) is 0 Å². The molecule has 0 aliphatic carbocycles. The molecule has 1 aromatic rings. The van der Waals surface area contributed by atoms with Crippen LogP contribution in [0.3, 0.4) is 0 Å². The molecule has 3 nitrogen and oxygen atoms in total. The molecule has 1 aromatic carbocycles. The molecule has 0 saturated carbocycles. The minimum Gasteiger partial charge on any atom is -0.381 e. The van der Waals surface area contributed by atoms with Crippen molar-refractivity contribution in [3.05, 3.63) is 28.2 Å². The van der Waals surface area contributed by atoms with Crippen LogP contribution in [0.5, 0.6) is 0 Å². The van der Waals surface area contributed by atoms with Crippen LogP contribution in [-0.2, 0) is 4.84 Å². The first-order chi connectivity index (χ1) is 6.25. The number of hydrogen-bond donors (Lipinski definition) is 2. The maximum Gasteiger partial charge on any atom is 0.0851 e. The molecule has 0 bridgehead atoms. The van der Waals surface area contributed by atoms with Gasteiger partial charge in [0.25, 0.3) is 0 Å². The minimum absolute atomic E-state index is 0.419. The Kier molecular flexibility index (Phi) is 4.32. The van der Waals surface area contributed by atoms with Gasteiger partial charge in [0.15, 0.2) is 0 Å². The highest BCUT2D eigenvalue weighted by atomic mass is 35.5. The Hall–Kier alpha value is -0.480. The van der Waals surface area contributed by atoms with Crippen LogP contribution in [0.2, 0.25) is 10.0 Å². The SMILES string of the molecule is NOCCNc1cccc(Cl)c1Cl. The Labute approximate surface area is 86.7 Å². The van der Waals surface area contributed by atoms with E-state index in [1.54, 1.807) is 6.07 Å². The van der Waals surface area contributed by atoms with E-state index < -0.39 is 0 Å². The summed E-state index contributed by atoms with van der Waals surface area (Å²) in [7, 11) is 0. The third kappa shape index (κ3) is 3.04. The van der Waals surface area contributed by atoms with Gasteiger partial charge in [0, 0.05) is 6.54 Å². The van der Waals surface area contributed by atoms with E-state index in [0.717, 1.165) is 5.69 Å². The molecule has 5 heteroatoms. The van der Waals surface area contributed by atoms with Crippen LogP contribution < -0.4 is 11.2 Å². The normalized spacial score (nSPS) is 10.1. The summed E-state index contributed by atoms with van der Waals surface area (Å²) in [5.74, 6) is 4.86. The average molecular weight is 221 g/mol. The summed E-state index contributed by atoms with van der Waals surface area (Å²) in [6.45, 7) is 1.01. The second kappa shape index (κ2) is 5.29. The first kappa shape index (κ1) is 10.6. The Morgan fingerprint density at radius 3 is 2.85 bits per heavy atom. The molecule has 72 valence electrons.